The molecule has 0 heterocycles. The fraction of sp³-hybridized carbons (Fsp3) is 0.667. The van der Waals surface area contributed by atoms with Crippen LogP contribution >= 0.6 is 0 Å². The molecule has 0 aliphatic heterocycles. The van der Waals surface area contributed by atoms with Crippen molar-refractivity contribution in [1.29, 1.82) is 0 Å². The molecule has 0 radical (unpaired) electrons. The smallest absolute Gasteiger partial charge is 0.307 e. The molecule has 0 spiro atoms. The van der Waals surface area contributed by atoms with E-state index < -0.39 is 17.9 Å². The van der Waals surface area contributed by atoms with Crippen molar-refractivity contribution in [2.45, 2.75) is 71.1 Å². The van der Waals surface area contributed by atoms with E-state index in [0.717, 1.165) is 25.7 Å². The first kappa shape index (κ1) is 20.4. The van der Waals surface area contributed by atoms with Gasteiger partial charge in [0.05, 0.1) is 12.3 Å². The highest BCUT2D eigenvalue weighted by Crippen LogP contribution is 2.11. The molecule has 1 atom stereocenters. The lowest BCUT2D eigenvalue weighted by atomic mass is 10.0. The highest BCUT2D eigenvalue weighted by Gasteiger charge is 2.18. The fourth-order valence-corrected chi connectivity index (χ4v) is 2.14. The van der Waals surface area contributed by atoms with Crippen LogP contribution in [0.1, 0.15) is 71.1 Å². The van der Waals surface area contributed by atoms with E-state index in [1.54, 1.807) is 6.08 Å². The molecule has 126 valence electrons. The highest BCUT2D eigenvalue weighted by molar-refractivity contribution is 5.77. The van der Waals surface area contributed by atoms with Crippen LogP contribution in [0.4, 0.5) is 0 Å². The third-order valence-electron chi connectivity index (χ3n) is 3.49. The van der Waals surface area contributed by atoms with Crippen molar-refractivity contribution in [3.63, 3.8) is 0 Å². The first-order chi connectivity index (χ1) is 10.6. The summed E-state index contributed by atoms with van der Waals surface area (Å²) in [5, 5.41) is 17.5. The molecule has 0 rings (SSSR count). The second-order valence-corrected chi connectivity index (χ2v) is 5.59. The predicted molar refractivity (Wildman–Crippen MR) is 88.9 cm³/mol. The molecule has 0 bridgehead atoms. The van der Waals surface area contributed by atoms with Gasteiger partial charge < -0.3 is 10.2 Å². The average molecular weight is 310 g/mol. The average Bonchev–Trinajstić information content (AvgIpc) is 2.46. The van der Waals surface area contributed by atoms with Gasteiger partial charge >= 0.3 is 11.9 Å². The monoisotopic (exact) mass is 310 g/mol. The number of hydrogen-bond donors (Lipinski definition) is 2. The number of unbranched alkanes of at least 4 members (excludes halogenated alkanes) is 6. The van der Waals surface area contributed by atoms with Crippen LogP contribution in [0.25, 0.3) is 0 Å². The number of carbonyl (C=O) groups is 2. The van der Waals surface area contributed by atoms with Crippen LogP contribution in [0.2, 0.25) is 0 Å². The van der Waals surface area contributed by atoms with Gasteiger partial charge in [0.2, 0.25) is 0 Å². The Bertz CT molecular complexity index is 358. The van der Waals surface area contributed by atoms with Gasteiger partial charge in [-0.3, -0.25) is 9.59 Å². The van der Waals surface area contributed by atoms with Crippen molar-refractivity contribution in [3.8, 4) is 0 Å². The number of carboxylic acid groups (broad SMARTS) is 2. The molecule has 0 aromatic carbocycles. The molecule has 0 aromatic heterocycles. The summed E-state index contributed by atoms with van der Waals surface area (Å²) in [4.78, 5) is 21.4. The maximum atomic E-state index is 10.9. The summed E-state index contributed by atoms with van der Waals surface area (Å²) in [7, 11) is 0. The van der Waals surface area contributed by atoms with Crippen LogP contribution in [-0.4, -0.2) is 22.2 Å². The third kappa shape index (κ3) is 13.4. The fourth-order valence-electron chi connectivity index (χ4n) is 2.14. The molecule has 0 aromatic rings. The zero-order chi connectivity index (χ0) is 16.6. The SMILES string of the molecule is CCCCCC/C=C/CCC/C=C/CC(CC(=O)O)C(=O)O. The molecule has 0 fully saturated rings. The van der Waals surface area contributed by atoms with Crippen molar-refractivity contribution in [3.05, 3.63) is 24.3 Å². The molecule has 2 N–H and O–H groups in total. The van der Waals surface area contributed by atoms with Crippen LogP contribution < -0.4 is 0 Å². The van der Waals surface area contributed by atoms with E-state index in [0.29, 0.717) is 0 Å². The zero-order valence-corrected chi connectivity index (χ0v) is 13.7. The standard InChI is InChI=1S/C18H30O4/c1-2-3-4-5-6-7-8-9-10-11-12-13-14-16(18(21)22)15-17(19)20/h7-8,12-13,16H,2-6,9-11,14-15H2,1H3,(H,19,20)(H,21,22)/b8-7+,13-12+. The summed E-state index contributed by atoms with van der Waals surface area (Å²) < 4.78 is 0. The molecule has 0 saturated carbocycles. The molecule has 0 saturated heterocycles. The highest BCUT2D eigenvalue weighted by atomic mass is 16.4. The van der Waals surface area contributed by atoms with E-state index in [1.165, 1.54) is 25.7 Å². The molecule has 22 heavy (non-hydrogen) atoms. The molecule has 4 nitrogen and oxygen atoms in total. The van der Waals surface area contributed by atoms with E-state index >= 15 is 0 Å². The Balaban J connectivity index is 3.62. The van der Waals surface area contributed by atoms with Crippen LogP contribution in [0.3, 0.4) is 0 Å². The Morgan fingerprint density at radius 3 is 2.00 bits per heavy atom. The van der Waals surface area contributed by atoms with Gasteiger partial charge in [-0.25, -0.2) is 0 Å². The van der Waals surface area contributed by atoms with Gasteiger partial charge in [-0.15, -0.1) is 0 Å². The van der Waals surface area contributed by atoms with Gasteiger partial charge in [0, 0.05) is 0 Å². The van der Waals surface area contributed by atoms with Crippen LogP contribution in [-0.2, 0) is 9.59 Å². The lowest BCUT2D eigenvalue weighted by molar-refractivity contribution is -0.148. The molecule has 0 amide bonds. The Hall–Kier alpha value is -1.58. The summed E-state index contributed by atoms with van der Waals surface area (Å²) in [5.41, 5.74) is 0. The predicted octanol–water partition coefficient (Wildman–Crippen LogP) is 4.81. The number of allylic oxidation sites excluding steroid dienone is 4. The maximum absolute atomic E-state index is 10.9. The lowest BCUT2D eigenvalue weighted by Crippen LogP contribution is -2.16. The third-order valence-corrected chi connectivity index (χ3v) is 3.49. The minimum absolute atomic E-state index is 0.287. The Kier molecular flexibility index (Phi) is 13.3. The second kappa shape index (κ2) is 14.4. The minimum Gasteiger partial charge on any atom is -0.481 e. The number of hydrogen-bond acceptors (Lipinski definition) is 2. The zero-order valence-electron chi connectivity index (χ0n) is 13.7. The quantitative estimate of drug-likeness (QED) is 0.357. The van der Waals surface area contributed by atoms with E-state index in [2.05, 4.69) is 19.1 Å². The van der Waals surface area contributed by atoms with Crippen molar-refractivity contribution in [2.75, 3.05) is 0 Å². The summed E-state index contributed by atoms with van der Waals surface area (Å²) in [5.74, 6) is -2.93. The first-order valence-electron chi connectivity index (χ1n) is 8.32. The van der Waals surface area contributed by atoms with E-state index in [4.69, 9.17) is 10.2 Å². The van der Waals surface area contributed by atoms with Crippen LogP contribution in [0, 0.1) is 5.92 Å². The van der Waals surface area contributed by atoms with E-state index in [1.807, 2.05) is 6.08 Å². The van der Waals surface area contributed by atoms with Crippen molar-refractivity contribution >= 4 is 11.9 Å². The Morgan fingerprint density at radius 2 is 1.45 bits per heavy atom. The number of carboxylic acids is 2. The van der Waals surface area contributed by atoms with Crippen molar-refractivity contribution in [1.82, 2.24) is 0 Å². The topological polar surface area (TPSA) is 74.6 Å². The molecule has 4 heteroatoms. The van der Waals surface area contributed by atoms with Gasteiger partial charge in [-0.2, -0.15) is 0 Å². The van der Waals surface area contributed by atoms with Gasteiger partial charge in [-0.1, -0.05) is 50.5 Å². The maximum Gasteiger partial charge on any atom is 0.307 e. The van der Waals surface area contributed by atoms with Gasteiger partial charge in [-0.05, 0) is 38.5 Å². The Morgan fingerprint density at radius 1 is 0.864 bits per heavy atom. The molecular weight excluding hydrogens is 280 g/mol. The summed E-state index contributed by atoms with van der Waals surface area (Å²) in [6.45, 7) is 2.21. The molecular formula is C18H30O4. The van der Waals surface area contributed by atoms with Crippen molar-refractivity contribution in [2.24, 2.45) is 5.92 Å². The first-order valence-corrected chi connectivity index (χ1v) is 8.32. The minimum atomic E-state index is -1.06. The largest absolute Gasteiger partial charge is 0.481 e. The van der Waals surface area contributed by atoms with Gasteiger partial charge in [0.1, 0.15) is 0 Å². The van der Waals surface area contributed by atoms with Gasteiger partial charge in [0.25, 0.3) is 0 Å². The van der Waals surface area contributed by atoms with Crippen LogP contribution in [0.15, 0.2) is 24.3 Å². The number of aliphatic carboxylic acids is 2. The normalized spacial score (nSPS) is 13.0. The summed E-state index contributed by atoms with van der Waals surface area (Å²) in [6.07, 6.45) is 17.5. The number of rotatable bonds is 14. The Labute approximate surface area is 133 Å². The van der Waals surface area contributed by atoms with E-state index in [9.17, 15) is 9.59 Å². The molecule has 0 aliphatic rings. The van der Waals surface area contributed by atoms with Crippen LogP contribution in [0.5, 0.6) is 0 Å². The summed E-state index contributed by atoms with van der Waals surface area (Å²) >= 11 is 0. The molecule has 1 unspecified atom stereocenters. The second-order valence-electron chi connectivity index (χ2n) is 5.59. The van der Waals surface area contributed by atoms with Gasteiger partial charge in [0.15, 0.2) is 0 Å². The lowest BCUT2D eigenvalue weighted by Gasteiger charge is -2.05. The summed E-state index contributed by atoms with van der Waals surface area (Å²) in [6, 6.07) is 0. The van der Waals surface area contributed by atoms with Crippen molar-refractivity contribution < 1.29 is 19.8 Å². The van der Waals surface area contributed by atoms with E-state index in [-0.39, 0.29) is 12.8 Å². The molecule has 0 aliphatic carbocycles.